The SMILES string of the molecule is C#CCCCC1(O)CN(C(=O)OC(C)(C)C)C1. The molecule has 0 aliphatic carbocycles. The van der Waals surface area contributed by atoms with Gasteiger partial charge < -0.3 is 14.7 Å². The zero-order valence-corrected chi connectivity index (χ0v) is 10.8. The van der Waals surface area contributed by atoms with E-state index in [1.165, 1.54) is 4.90 Å². The lowest BCUT2D eigenvalue weighted by atomic mass is 9.89. The van der Waals surface area contributed by atoms with Gasteiger partial charge in [-0.25, -0.2) is 4.79 Å². The maximum atomic E-state index is 11.6. The quantitative estimate of drug-likeness (QED) is 0.603. The molecule has 1 amide bonds. The summed E-state index contributed by atoms with van der Waals surface area (Å²) in [4.78, 5) is 13.1. The molecule has 0 radical (unpaired) electrons. The molecule has 1 fully saturated rings. The van der Waals surface area contributed by atoms with Gasteiger partial charge in [0.1, 0.15) is 5.60 Å². The molecule has 1 rings (SSSR count). The van der Waals surface area contributed by atoms with E-state index in [4.69, 9.17) is 11.2 Å². The largest absolute Gasteiger partial charge is 0.444 e. The van der Waals surface area contributed by atoms with Gasteiger partial charge in [-0.05, 0) is 33.6 Å². The van der Waals surface area contributed by atoms with E-state index in [-0.39, 0.29) is 6.09 Å². The maximum Gasteiger partial charge on any atom is 0.410 e. The summed E-state index contributed by atoms with van der Waals surface area (Å²) in [5.41, 5.74) is -1.26. The minimum absolute atomic E-state index is 0.340. The van der Waals surface area contributed by atoms with Gasteiger partial charge >= 0.3 is 6.09 Å². The lowest BCUT2D eigenvalue weighted by molar-refractivity contribution is -0.103. The Bertz CT molecular complexity index is 319. The van der Waals surface area contributed by atoms with Crippen molar-refractivity contribution in [3.63, 3.8) is 0 Å². The molecule has 1 aliphatic rings. The van der Waals surface area contributed by atoms with Crippen LogP contribution in [0.3, 0.4) is 0 Å². The van der Waals surface area contributed by atoms with Crippen LogP contribution in [0.4, 0.5) is 4.79 Å². The van der Waals surface area contributed by atoms with Crippen molar-refractivity contribution in [2.24, 2.45) is 0 Å². The number of amides is 1. The van der Waals surface area contributed by atoms with Crippen molar-refractivity contribution >= 4 is 6.09 Å². The van der Waals surface area contributed by atoms with E-state index in [0.717, 1.165) is 6.42 Å². The molecule has 0 bridgehead atoms. The second-order valence-corrected chi connectivity index (χ2v) is 5.62. The minimum Gasteiger partial charge on any atom is -0.444 e. The zero-order chi connectivity index (χ0) is 13.1. The average Bonchev–Trinajstić information content (AvgIpc) is 2.11. The van der Waals surface area contributed by atoms with Gasteiger partial charge in [0.15, 0.2) is 0 Å². The normalized spacial score (nSPS) is 18.2. The van der Waals surface area contributed by atoms with E-state index in [0.29, 0.717) is 25.9 Å². The van der Waals surface area contributed by atoms with Crippen molar-refractivity contribution in [2.75, 3.05) is 13.1 Å². The first kappa shape index (κ1) is 13.9. The third kappa shape index (κ3) is 4.27. The van der Waals surface area contributed by atoms with E-state index in [1.54, 1.807) is 0 Å². The van der Waals surface area contributed by atoms with Crippen LogP contribution >= 0.6 is 0 Å². The molecule has 17 heavy (non-hydrogen) atoms. The van der Waals surface area contributed by atoms with Gasteiger partial charge in [-0.2, -0.15) is 0 Å². The number of rotatable bonds is 3. The molecule has 0 atom stereocenters. The van der Waals surface area contributed by atoms with Crippen molar-refractivity contribution in [3.05, 3.63) is 0 Å². The van der Waals surface area contributed by atoms with Crippen LogP contribution in [0.1, 0.15) is 40.0 Å². The highest BCUT2D eigenvalue weighted by Crippen LogP contribution is 2.27. The molecule has 1 heterocycles. The van der Waals surface area contributed by atoms with Gasteiger partial charge in [0, 0.05) is 6.42 Å². The summed E-state index contributed by atoms with van der Waals surface area (Å²) in [6.45, 7) is 6.15. The van der Waals surface area contributed by atoms with Gasteiger partial charge in [-0.1, -0.05) is 0 Å². The third-order valence-electron chi connectivity index (χ3n) is 2.59. The summed E-state index contributed by atoms with van der Waals surface area (Å²) in [6, 6.07) is 0. The fraction of sp³-hybridized carbons (Fsp3) is 0.769. The summed E-state index contributed by atoms with van der Waals surface area (Å²) in [5, 5.41) is 10.0. The fourth-order valence-corrected chi connectivity index (χ4v) is 1.80. The topological polar surface area (TPSA) is 49.8 Å². The smallest absolute Gasteiger partial charge is 0.410 e. The average molecular weight is 239 g/mol. The Balaban J connectivity index is 2.30. The van der Waals surface area contributed by atoms with Crippen LogP contribution in [-0.4, -0.2) is 40.4 Å². The highest BCUT2D eigenvalue weighted by molar-refractivity contribution is 5.69. The summed E-state index contributed by atoms with van der Waals surface area (Å²) in [5.74, 6) is 2.54. The number of ether oxygens (including phenoxy) is 1. The molecule has 1 N–H and O–H groups in total. The van der Waals surface area contributed by atoms with Crippen molar-refractivity contribution in [1.82, 2.24) is 4.90 Å². The second-order valence-electron chi connectivity index (χ2n) is 5.62. The molecule has 0 aromatic carbocycles. The molecule has 0 spiro atoms. The molecular formula is C13H21NO3. The Hall–Kier alpha value is -1.21. The van der Waals surface area contributed by atoms with Crippen LogP contribution in [-0.2, 0) is 4.74 Å². The summed E-state index contributed by atoms with van der Waals surface area (Å²) >= 11 is 0. The Kier molecular flexibility index (Phi) is 4.05. The number of aliphatic hydroxyl groups is 1. The predicted molar refractivity (Wildman–Crippen MR) is 65.4 cm³/mol. The standard InChI is InChI=1S/C13H21NO3/c1-5-6-7-8-13(16)9-14(10-13)11(15)17-12(2,3)4/h1,16H,6-10H2,2-4H3. The molecule has 1 aliphatic heterocycles. The molecule has 0 aromatic heterocycles. The van der Waals surface area contributed by atoms with Gasteiger partial charge in [0.2, 0.25) is 0 Å². The number of likely N-dealkylation sites (tertiary alicyclic amines) is 1. The highest BCUT2D eigenvalue weighted by Gasteiger charge is 2.44. The minimum atomic E-state index is -0.770. The Morgan fingerprint density at radius 1 is 1.53 bits per heavy atom. The van der Waals surface area contributed by atoms with Gasteiger partial charge in [-0.15, -0.1) is 12.3 Å². The van der Waals surface area contributed by atoms with Crippen molar-refractivity contribution in [1.29, 1.82) is 0 Å². The molecule has 0 saturated carbocycles. The Morgan fingerprint density at radius 3 is 2.59 bits per heavy atom. The first-order valence-corrected chi connectivity index (χ1v) is 5.89. The van der Waals surface area contributed by atoms with Crippen LogP contribution in [0.5, 0.6) is 0 Å². The Labute approximate surface area is 103 Å². The number of carbonyl (C=O) groups is 1. The zero-order valence-electron chi connectivity index (χ0n) is 10.8. The predicted octanol–water partition coefficient (Wildman–Crippen LogP) is 1.77. The van der Waals surface area contributed by atoms with Crippen LogP contribution in [0.25, 0.3) is 0 Å². The number of hydrogen-bond donors (Lipinski definition) is 1. The van der Waals surface area contributed by atoms with E-state index in [9.17, 15) is 9.90 Å². The molecule has 0 aromatic rings. The van der Waals surface area contributed by atoms with Crippen molar-refractivity contribution in [3.8, 4) is 12.3 Å². The van der Waals surface area contributed by atoms with E-state index >= 15 is 0 Å². The van der Waals surface area contributed by atoms with Gasteiger partial charge in [-0.3, -0.25) is 0 Å². The molecule has 1 saturated heterocycles. The number of nitrogens with zero attached hydrogens (tertiary/aromatic N) is 1. The lowest BCUT2D eigenvalue weighted by Crippen LogP contribution is -2.64. The summed E-state index contributed by atoms with van der Waals surface area (Å²) in [7, 11) is 0. The number of unbranched alkanes of at least 4 members (excludes halogenated alkanes) is 1. The van der Waals surface area contributed by atoms with E-state index in [1.807, 2.05) is 20.8 Å². The van der Waals surface area contributed by atoms with Crippen LogP contribution in [0.15, 0.2) is 0 Å². The summed E-state index contributed by atoms with van der Waals surface area (Å²) < 4.78 is 5.20. The van der Waals surface area contributed by atoms with Gasteiger partial charge in [0.05, 0.1) is 18.7 Å². The van der Waals surface area contributed by atoms with Crippen molar-refractivity contribution < 1.29 is 14.6 Å². The van der Waals surface area contributed by atoms with Gasteiger partial charge in [0.25, 0.3) is 0 Å². The van der Waals surface area contributed by atoms with E-state index < -0.39 is 11.2 Å². The Morgan fingerprint density at radius 2 is 2.12 bits per heavy atom. The number of carbonyl (C=O) groups excluding carboxylic acids is 1. The van der Waals surface area contributed by atoms with Crippen LogP contribution in [0, 0.1) is 12.3 Å². The number of hydrogen-bond acceptors (Lipinski definition) is 3. The molecule has 96 valence electrons. The van der Waals surface area contributed by atoms with E-state index in [2.05, 4.69) is 5.92 Å². The second kappa shape index (κ2) is 4.97. The lowest BCUT2D eigenvalue weighted by Gasteiger charge is -2.46. The maximum absolute atomic E-state index is 11.6. The van der Waals surface area contributed by atoms with Crippen molar-refractivity contribution in [2.45, 2.75) is 51.2 Å². The van der Waals surface area contributed by atoms with Crippen LogP contribution in [0.2, 0.25) is 0 Å². The first-order valence-electron chi connectivity index (χ1n) is 5.89. The highest BCUT2D eigenvalue weighted by atomic mass is 16.6. The third-order valence-corrected chi connectivity index (χ3v) is 2.59. The summed E-state index contributed by atoms with van der Waals surface area (Å²) in [6.07, 6.45) is 6.87. The number of terminal acetylenes is 1. The van der Waals surface area contributed by atoms with Crippen LogP contribution < -0.4 is 0 Å². The fourth-order valence-electron chi connectivity index (χ4n) is 1.80. The monoisotopic (exact) mass is 239 g/mol. The number of β-amino-alcohol motifs (C(OH)–C–C–N with tert-alkyl or cyclic N) is 1. The first-order chi connectivity index (χ1) is 7.76. The molecule has 4 heteroatoms. The molecule has 4 nitrogen and oxygen atoms in total. The molecular weight excluding hydrogens is 218 g/mol. The molecule has 0 unspecified atom stereocenters.